The Kier molecular flexibility index (Phi) is 4.77. The van der Waals surface area contributed by atoms with Crippen molar-refractivity contribution in [2.75, 3.05) is 6.61 Å². The van der Waals surface area contributed by atoms with E-state index in [0.29, 0.717) is 6.61 Å². The fraction of sp³-hybridized carbons (Fsp3) is 0.471. The Labute approximate surface area is 135 Å². The highest BCUT2D eigenvalue weighted by molar-refractivity contribution is 5.64. The molecule has 4 atom stereocenters. The quantitative estimate of drug-likeness (QED) is 0.513. The zero-order chi connectivity index (χ0) is 16.3. The fourth-order valence-corrected chi connectivity index (χ4v) is 2.79. The lowest BCUT2D eigenvalue weighted by Crippen LogP contribution is -2.37. The van der Waals surface area contributed by atoms with Gasteiger partial charge in [-0.25, -0.2) is 0 Å². The Morgan fingerprint density at radius 1 is 1.26 bits per heavy atom. The molecule has 0 bridgehead atoms. The van der Waals surface area contributed by atoms with Gasteiger partial charge in [0.05, 0.1) is 12.8 Å². The van der Waals surface area contributed by atoms with Gasteiger partial charge < -0.3 is 24.2 Å². The minimum Gasteiger partial charge on any atom is -0.411 e. The zero-order valence-electron chi connectivity index (χ0n) is 13.2. The van der Waals surface area contributed by atoms with E-state index in [2.05, 4.69) is 5.16 Å². The Hall–Kier alpha value is -1.73. The van der Waals surface area contributed by atoms with Gasteiger partial charge in [0.2, 0.25) is 0 Å². The molecule has 3 rings (SSSR count). The Balaban J connectivity index is 1.61. The highest BCUT2D eigenvalue weighted by Gasteiger charge is 2.55. The summed E-state index contributed by atoms with van der Waals surface area (Å²) in [6.07, 6.45) is 3.45. The van der Waals surface area contributed by atoms with Crippen LogP contribution in [0.15, 0.2) is 41.6 Å². The van der Waals surface area contributed by atoms with E-state index in [-0.39, 0.29) is 6.10 Å². The van der Waals surface area contributed by atoms with Crippen LogP contribution in [0.3, 0.4) is 0 Å². The zero-order valence-corrected chi connectivity index (χ0v) is 13.2. The lowest BCUT2D eigenvalue weighted by molar-refractivity contribution is -0.208. The normalized spacial score (nSPS) is 32.8. The largest absolute Gasteiger partial charge is 0.411 e. The van der Waals surface area contributed by atoms with Gasteiger partial charge in [0.15, 0.2) is 12.1 Å². The highest BCUT2D eigenvalue weighted by Crippen LogP contribution is 2.38. The molecule has 0 saturated carbocycles. The van der Waals surface area contributed by atoms with E-state index in [1.807, 2.05) is 56.3 Å². The van der Waals surface area contributed by atoms with Crippen LogP contribution in [-0.2, 0) is 18.9 Å². The first-order valence-electron chi connectivity index (χ1n) is 7.61. The number of rotatable bonds is 5. The van der Waals surface area contributed by atoms with Gasteiger partial charge in [0.1, 0.15) is 18.3 Å². The topological polar surface area (TPSA) is 69.5 Å². The average molecular weight is 319 g/mol. The van der Waals surface area contributed by atoms with Gasteiger partial charge in [-0.1, -0.05) is 47.6 Å². The number of hydrogen-bond acceptors (Lipinski definition) is 6. The molecule has 1 aromatic rings. The Morgan fingerprint density at radius 2 is 2.04 bits per heavy atom. The van der Waals surface area contributed by atoms with Crippen molar-refractivity contribution in [3.8, 4) is 0 Å². The summed E-state index contributed by atoms with van der Waals surface area (Å²) < 4.78 is 23.1. The molecule has 1 aromatic carbocycles. The van der Waals surface area contributed by atoms with Crippen molar-refractivity contribution in [2.24, 2.45) is 5.16 Å². The van der Waals surface area contributed by atoms with Crippen LogP contribution in [0.25, 0.3) is 6.08 Å². The van der Waals surface area contributed by atoms with Crippen LogP contribution in [0.2, 0.25) is 0 Å². The summed E-state index contributed by atoms with van der Waals surface area (Å²) in [6, 6.07) is 9.97. The van der Waals surface area contributed by atoms with E-state index in [1.165, 1.54) is 6.21 Å². The summed E-state index contributed by atoms with van der Waals surface area (Å²) in [5, 5.41) is 11.8. The highest BCUT2D eigenvalue weighted by atomic mass is 16.8. The van der Waals surface area contributed by atoms with Gasteiger partial charge in [-0.3, -0.25) is 0 Å². The van der Waals surface area contributed by atoms with Crippen molar-refractivity contribution in [1.29, 1.82) is 0 Å². The summed E-state index contributed by atoms with van der Waals surface area (Å²) >= 11 is 0. The molecular formula is C17H21NO5. The second kappa shape index (κ2) is 6.80. The molecule has 2 saturated heterocycles. The molecule has 0 aliphatic carbocycles. The van der Waals surface area contributed by atoms with E-state index >= 15 is 0 Å². The molecule has 2 aliphatic rings. The minimum atomic E-state index is -0.710. The van der Waals surface area contributed by atoms with Crippen LogP contribution in [0, 0.1) is 0 Å². The molecule has 1 N–H and O–H groups in total. The second-order valence-electron chi connectivity index (χ2n) is 5.94. The standard InChI is InChI=1S/C17H21NO5/c1-17(2)22-15-14(13(11-18-19)21-16(15)23-17)20-10-6-9-12-7-4-3-5-8-12/h3-9,11,13-16,19H,10H2,1-2H3/b9-6+,18-11+/t13-,14+,15-,16-/m1/s1. The second-order valence-corrected chi connectivity index (χ2v) is 5.94. The number of fused-ring (bicyclic) bond motifs is 1. The van der Waals surface area contributed by atoms with Crippen molar-refractivity contribution < 1.29 is 24.2 Å². The molecule has 0 amide bonds. The molecular weight excluding hydrogens is 298 g/mol. The van der Waals surface area contributed by atoms with Crippen LogP contribution in [-0.4, -0.2) is 48.4 Å². The van der Waals surface area contributed by atoms with Crippen molar-refractivity contribution in [3.63, 3.8) is 0 Å². The van der Waals surface area contributed by atoms with E-state index in [1.54, 1.807) is 0 Å². The van der Waals surface area contributed by atoms with Crippen LogP contribution in [0.4, 0.5) is 0 Å². The maximum absolute atomic E-state index is 8.77. The smallest absolute Gasteiger partial charge is 0.190 e. The summed E-state index contributed by atoms with van der Waals surface area (Å²) in [5.74, 6) is -0.710. The molecule has 2 aliphatic heterocycles. The number of nitrogens with zero attached hydrogens (tertiary/aromatic N) is 1. The molecule has 0 aromatic heterocycles. The number of ether oxygens (including phenoxy) is 4. The lowest BCUT2D eigenvalue weighted by Gasteiger charge is -2.23. The molecule has 6 heteroatoms. The van der Waals surface area contributed by atoms with Gasteiger partial charge in [-0.05, 0) is 19.4 Å². The number of benzene rings is 1. The molecule has 6 nitrogen and oxygen atoms in total. The monoisotopic (exact) mass is 319 g/mol. The molecule has 0 unspecified atom stereocenters. The first-order chi connectivity index (χ1) is 11.1. The molecule has 2 heterocycles. The van der Waals surface area contributed by atoms with E-state index in [0.717, 1.165) is 5.56 Å². The molecule has 23 heavy (non-hydrogen) atoms. The summed E-state index contributed by atoms with van der Waals surface area (Å²) in [7, 11) is 0. The van der Waals surface area contributed by atoms with Crippen molar-refractivity contribution >= 4 is 12.3 Å². The predicted molar refractivity (Wildman–Crippen MR) is 84.2 cm³/mol. The van der Waals surface area contributed by atoms with Gasteiger partial charge in [0, 0.05) is 0 Å². The summed E-state index contributed by atoms with van der Waals surface area (Å²) in [4.78, 5) is 0. The van der Waals surface area contributed by atoms with Crippen molar-refractivity contribution in [1.82, 2.24) is 0 Å². The maximum Gasteiger partial charge on any atom is 0.190 e. The fourth-order valence-electron chi connectivity index (χ4n) is 2.79. The third-order valence-electron chi connectivity index (χ3n) is 3.74. The summed E-state index contributed by atoms with van der Waals surface area (Å²) in [5.41, 5.74) is 1.10. The van der Waals surface area contributed by atoms with E-state index in [4.69, 9.17) is 24.2 Å². The molecule has 0 radical (unpaired) electrons. The van der Waals surface area contributed by atoms with Gasteiger partial charge >= 0.3 is 0 Å². The van der Waals surface area contributed by atoms with Crippen molar-refractivity contribution in [2.45, 2.75) is 44.2 Å². The molecule has 0 spiro atoms. The first kappa shape index (κ1) is 16.1. The minimum absolute atomic E-state index is 0.349. The number of hydrogen-bond donors (Lipinski definition) is 1. The van der Waals surface area contributed by atoms with Gasteiger partial charge in [-0.15, -0.1) is 0 Å². The van der Waals surface area contributed by atoms with Crippen molar-refractivity contribution in [3.05, 3.63) is 42.0 Å². The average Bonchev–Trinajstić information content (AvgIpc) is 2.97. The molecule has 124 valence electrons. The summed E-state index contributed by atoms with van der Waals surface area (Å²) in [6.45, 7) is 4.05. The van der Waals surface area contributed by atoms with E-state index < -0.39 is 24.3 Å². The molecule has 2 fully saturated rings. The Morgan fingerprint density at radius 3 is 2.78 bits per heavy atom. The van der Waals surface area contributed by atoms with Gasteiger partial charge in [-0.2, -0.15) is 0 Å². The predicted octanol–water partition coefficient (Wildman–Crippen LogP) is 2.42. The van der Waals surface area contributed by atoms with Crippen LogP contribution < -0.4 is 0 Å². The maximum atomic E-state index is 8.77. The van der Waals surface area contributed by atoms with Gasteiger partial charge in [0.25, 0.3) is 0 Å². The first-order valence-corrected chi connectivity index (χ1v) is 7.61. The van der Waals surface area contributed by atoms with Crippen LogP contribution in [0.1, 0.15) is 19.4 Å². The van der Waals surface area contributed by atoms with Crippen LogP contribution >= 0.6 is 0 Å². The number of oxime groups is 1. The third-order valence-corrected chi connectivity index (χ3v) is 3.74. The van der Waals surface area contributed by atoms with E-state index in [9.17, 15) is 0 Å². The SMILES string of the molecule is CC1(C)O[C@H]2O[C@H](/C=N/O)[C@H](OC/C=C/c3ccccc3)[C@H]2O1. The lowest BCUT2D eigenvalue weighted by atomic mass is 10.1. The van der Waals surface area contributed by atoms with Crippen LogP contribution in [0.5, 0.6) is 0 Å². The third kappa shape index (κ3) is 3.79. The Bertz CT molecular complexity index is 572.